The zero-order chi connectivity index (χ0) is 18.6. The van der Waals surface area contributed by atoms with E-state index in [0.29, 0.717) is 22.6 Å². The number of methoxy groups -OCH3 is 1. The van der Waals surface area contributed by atoms with Crippen LogP contribution in [0.25, 0.3) is 0 Å². The second kappa shape index (κ2) is 7.93. The molecule has 0 unspecified atom stereocenters. The molecule has 0 spiro atoms. The van der Waals surface area contributed by atoms with Gasteiger partial charge < -0.3 is 14.8 Å². The van der Waals surface area contributed by atoms with Crippen molar-refractivity contribution < 1.29 is 23.6 Å². The van der Waals surface area contributed by atoms with Gasteiger partial charge in [0.15, 0.2) is 11.5 Å². The van der Waals surface area contributed by atoms with Gasteiger partial charge >= 0.3 is 5.69 Å². The zero-order valence-electron chi connectivity index (χ0n) is 13.3. The molecule has 0 fully saturated rings. The number of nitro benzene ring substituents is 1. The number of anilines is 1. The summed E-state index contributed by atoms with van der Waals surface area (Å²) in [5, 5.41) is 13.3. The van der Waals surface area contributed by atoms with E-state index in [4.69, 9.17) is 9.47 Å². The molecule has 0 aromatic heterocycles. The van der Waals surface area contributed by atoms with E-state index in [-0.39, 0.29) is 11.3 Å². The van der Waals surface area contributed by atoms with Crippen molar-refractivity contribution >= 4 is 33.2 Å². The lowest BCUT2D eigenvalue weighted by molar-refractivity contribution is -0.387. The van der Waals surface area contributed by atoms with E-state index in [2.05, 4.69) is 21.2 Å². The molecule has 7 nitrogen and oxygen atoms in total. The van der Waals surface area contributed by atoms with Crippen LogP contribution < -0.4 is 14.8 Å². The van der Waals surface area contributed by atoms with Gasteiger partial charge in [-0.05, 0) is 47.1 Å². The number of benzene rings is 2. The fraction of sp³-hybridized carbons (Fsp3) is 0.188. The minimum absolute atomic E-state index is 0.0991. The third kappa shape index (κ3) is 4.24. The van der Waals surface area contributed by atoms with Gasteiger partial charge in [-0.1, -0.05) is 0 Å². The number of nitrogens with one attached hydrogen (secondary N) is 1. The predicted octanol–water partition coefficient (Wildman–Crippen LogP) is 4.16. The second-order valence-electron chi connectivity index (χ2n) is 4.80. The topological polar surface area (TPSA) is 90.7 Å². The highest BCUT2D eigenvalue weighted by atomic mass is 79.9. The lowest BCUT2D eigenvalue weighted by Crippen LogP contribution is -2.13. The Labute approximate surface area is 151 Å². The highest BCUT2D eigenvalue weighted by molar-refractivity contribution is 9.10. The Balaban J connectivity index is 2.31. The Morgan fingerprint density at radius 2 is 2.08 bits per heavy atom. The van der Waals surface area contributed by atoms with Crippen LogP contribution in [0, 0.1) is 15.9 Å². The molecule has 0 aliphatic carbocycles. The van der Waals surface area contributed by atoms with E-state index in [0.717, 1.165) is 12.1 Å². The van der Waals surface area contributed by atoms with Crippen molar-refractivity contribution in [2.24, 2.45) is 0 Å². The molecule has 0 saturated heterocycles. The van der Waals surface area contributed by atoms with Crippen molar-refractivity contribution in [2.45, 2.75) is 6.92 Å². The van der Waals surface area contributed by atoms with Gasteiger partial charge in [-0.2, -0.15) is 4.39 Å². The molecule has 2 aromatic rings. The molecule has 132 valence electrons. The fourth-order valence-corrected chi connectivity index (χ4v) is 2.63. The van der Waals surface area contributed by atoms with Crippen LogP contribution in [0.1, 0.15) is 17.3 Å². The van der Waals surface area contributed by atoms with Crippen LogP contribution in [0.5, 0.6) is 11.5 Å². The minimum Gasteiger partial charge on any atom is -0.493 e. The molecule has 2 aromatic carbocycles. The first-order chi connectivity index (χ1) is 11.9. The number of amides is 1. The van der Waals surface area contributed by atoms with Crippen LogP contribution in [-0.2, 0) is 0 Å². The molecule has 0 aliphatic heterocycles. The van der Waals surface area contributed by atoms with Gasteiger partial charge in [0.1, 0.15) is 0 Å². The van der Waals surface area contributed by atoms with Crippen LogP contribution in [0.3, 0.4) is 0 Å². The normalized spacial score (nSPS) is 10.2. The van der Waals surface area contributed by atoms with E-state index >= 15 is 0 Å². The molecule has 1 amide bonds. The summed E-state index contributed by atoms with van der Waals surface area (Å²) in [6, 6.07) is 6.11. The monoisotopic (exact) mass is 412 g/mol. The van der Waals surface area contributed by atoms with Gasteiger partial charge in [0.25, 0.3) is 5.91 Å². The summed E-state index contributed by atoms with van der Waals surface area (Å²) in [4.78, 5) is 22.3. The molecule has 0 heterocycles. The summed E-state index contributed by atoms with van der Waals surface area (Å²) in [5.41, 5.74) is -0.385. The van der Waals surface area contributed by atoms with Gasteiger partial charge in [-0.3, -0.25) is 14.9 Å². The quantitative estimate of drug-likeness (QED) is 0.568. The van der Waals surface area contributed by atoms with E-state index < -0.39 is 22.3 Å². The maximum absolute atomic E-state index is 13.4. The number of carbonyl (C=O) groups is 1. The highest BCUT2D eigenvalue weighted by Crippen LogP contribution is 2.37. The Morgan fingerprint density at radius 3 is 2.68 bits per heavy atom. The molecule has 0 radical (unpaired) electrons. The van der Waals surface area contributed by atoms with Crippen LogP contribution in [0.2, 0.25) is 0 Å². The fourth-order valence-electron chi connectivity index (χ4n) is 2.07. The van der Waals surface area contributed by atoms with Crippen LogP contribution in [0.4, 0.5) is 15.8 Å². The van der Waals surface area contributed by atoms with Gasteiger partial charge in [-0.25, -0.2) is 0 Å². The minimum atomic E-state index is -0.978. The van der Waals surface area contributed by atoms with E-state index in [1.54, 1.807) is 0 Å². The summed E-state index contributed by atoms with van der Waals surface area (Å²) in [7, 11) is 1.44. The molecular weight excluding hydrogens is 399 g/mol. The summed E-state index contributed by atoms with van der Waals surface area (Å²) in [6.07, 6.45) is 0. The first kappa shape index (κ1) is 18.7. The molecule has 0 aliphatic rings. The van der Waals surface area contributed by atoms with Gasteiger partial charge in [0.2, 0.25) is 5.82 Å². The van der Waals surface area contributed by atoms with Crippen molar-refractivity contribution in [3.8, 4) is 11.5 Å². The number of hydrogen-bond acceptors (Lipinski definition) is 5. The Hall–Kier alpha value is -2.68. The molecule has 25 heavy (non-hydrogen) atoms. The Morgan fingerprint density at radius 1 is 1.36 bits per heavy atom. The molecule has 1 N–H and O–H groups in total. The third-order valence-corrected chi connectivity index (χ3v) is 3.77. The van der Waals surface area contributed by atoms with Crippen LogP contribution >= 0.6 is 15.9 Å². The summed E-state index contributed by atoms with van der Waals surface area (Å²) >= 11 is 3.31. The van der Waals surface area contributed by atoms with Crippen molar-refractivity contribution in [1.29, 1.82) is 0 Å². The van der Waals surface area contributed by atoms with E-state index in [9.17, 15) is 19.3 Å². The number of hydrogen-bond donors (Lipinski definition) is 1. The summed E-state index contributed by atoms with van der Waals surface area (Å²) in [6.45, 7) is 2.23. The van der Waals surface area contributed by atoms with Gasteiger partial charge in [0.05, 0.1) is 23.1 Å². The number of nitrogens with zero attached hydrogens (tertiary/aromatic N) is 1. The molecule has 0 atom stereocenters. The largest absolute Gasteiger partial charge is 0.493 e. The van der Waals surface area contributed by atoms with E-state index in [1.165, 1.54) is 25.3 Å². The number of ether oxygens (including phenoxy) is 2. The maximum Gasteiger partial charge on any atom is 0.306 e. The second-order valence-corrected chi connectivity index (χ2v) is 5.65. The molecule has 0 bridgehead atoms. The molecule has 0 saturated carbocycles. The Bertz CT molecular complexity index is 828. The van der Waals surface area contributed by atoms with Gasteiger partial charge in [-0.15, -0.1) is 0 Å². The summed E-state index contributed by atoms with van der Waals surface area (Å²) < 4.78 is 24.5. The Kier molecular flexibility index (Phi) is 5.92. The smallest absolute Gasteiger partial charge is 0.306 e. The van der Waals surface area contributed by atoms with E-state index in [1.807, 2.05) is 6.92 Å². The van der Waals surface area contributed by atoms with Crippen molar-refractivity contribution in [3.05, 3.63) is 56.3 Å². The van der Waals surface area contributed by atoms with Crippen LogP contribution in [0.15, 0.2) is 34.8 Å². The number of halogens is 2. The van der Waals surface area contributed by atoms with Crippen LogP contribution in [-0.4, -0.2) is 24.5 Å². The lowest BCUT2D eigenvalue weighted by Gasteiger charge is -2.13. The summed E-state index contributed by atoms with van der Waals surface area (Å²) in [5.74, 6) is -0.707. The number of nitro groups is 1. The average molecular weight is 413 g/mol. The average Bonchev–Trinajstić information content (AvgIpc) is 2.57. The number of carbonyl (C=O) groups excluding carboxylic acids is 1. The molecule has 2 rings (SSSR count). The first-order valence-corrected chi connectivity index (χ1v) is 7.92. The van der Waals surface area contributed by atoms with Crippen molar-refractivity contribution in [1.82, 2.24) is 0 Å². The first-order valence-electron chi connectivity index (χ1n) is 7.13. The zero-order valence-corrected chi connectivity index (χ0v) is 14.9. The SMILES string of the molecule is CCOc1c(Br)cc(C(=O)Nc2ccc(F)c([N+](=O)[O-])c2)cc1OC. The number of rotatable bonds is 6. The standard InChI is InChI=1S/C16H14BrFN2O5/c1-3-25-15-11(17)6-9(7-14(15)24-2)16(21)19-10-4-5-12(18)13(8-10)20(22)23/h4-8H,3H2,1-2H3,(H,19,21). The van der Waals surface area contributed by atoms with Gasteiger partial charge in [0, 0.05) is 17.3 Å². The highest BCUT2D eigenvalue weighted by Gasteiger charge is 2.18. The van der Waals surface area contributed by atoms with Crippen molar-refractivity contribution in [3.63, 3.8) is 0 Å². The maximum atomic E-state index is 13.4. The predicted molar refractivity (Wildman–Crippen MR) is 92.9 cm³/mol. The lowest BCUT2D eigenvalue weighted by atomic mass is 10.1. The molecular formula is C16H14BrFN2O5. The molecule has 9 heteroatoms. The van der Waals surface area contributed by atoms with Crippen molar-refractivity contribution in [2.75, 3.05) is 19.0 Å². The third-order valence-electron chi connectivity index (χ3n) is 3.18.